The Morgan fingerprint density at radius 1 is 1.14 bits per heavy atom. The lowest BCUT2D eigenvalue weighted by atomic mass is 10.1. The number of carbonyl (C=O) groups is 1. The summed E-state index contributed by atoms with van der Waals surface area (Å²) in [6, 6.07) is 16.6. The lowest BCUT2D eigenvalue weighted by Gasteiger charge is -2.11. The largest absolute Gasteiger partial charge is 0.484 e. The van der Waals surface area contributed by atoms with Crippen molar-refractivity contribution in [1.82, 2.24) is 4.57 Å². The molecule has 2 N–H and O–H groups in total. The number of aromatic nitrogens is 1. The molecule has 1 heterocycles. The molecule has 3 aromatic rings. The van der Waals surface area contributed by atoms with Gasteiger partial charge >= 0.3 is 0 Å². The Morgan fingerprint density at radius 2 is 1.79 bits per heavy atom. The lowest BCUT2D eigenvalue weighted by Crippen LogP contribution is -2.13. The number of nitriles is 1. The highest BCUT2D eigenvalue weighted by molar-refractivity contribution is 7.89. The fourth-order valence-corrected chi connectivity index (χ4v) is 3.65. The third kappa shape index (κ3) is 4.21. The van der Waals surface area contributed by atoms with Crippen LogP contribution in [0, 0.1) is 25.2 Å². The molecule has 0 amide bonds. The Labute approximate surface area is 169 Å². The van der Waals surface area contributed by atoms with E-state index >= 15 is 0 Å². The molecular weight excluding hydrogens is 390 g/mol. The molecule has 0 atom stereocenters. The minimum atomic E-state index is -3.77. The summed E-state index contributed by atoms with van der Waals surface area (Å²) >= 11 is 0. The van der Waals surface area contributed by atoms with E-state index in [0.29, 0.717) is 28.3 Å². The summed E-state index contributed by atoms with van der Waals surface area (Å²) in [6.07, 6.45) is 0. The SMILES string of the molecule is Cc1cc(C(=O)COc2ccccc2C#N)c(C)n1-c1ccc(S(N)(=O)=O)cc1. The number of primary sulfonamides is 1. The van der Waals surface area contributed by atoms with Gasteiger partial charge in [0, 0.05) is 22.6 Å². The zero-order valence-corrected chi connectivity index (χ0v) is 16.7. The predicted octanol–water partition coefficient (Wildman–Crippen LogP) is 2.87. The van der Waals surface area contributed by atoms with Crippen molar-refractivity contribution in [2.45, 2.75) is 18.7 Å². The van der Waals surface area contributed by atoms with Gasteiger partial charge in [0.25, 0.3) is 0 Å². The van der Waals surface area contributed by atoms with Crippen molar-refractivity contribution in [2.24, 2.45) is 5.14 Å². The normalized spacial score (nSPS) is 11.1. The molecule has 0 saturated carbocycles. The van der Waals surface area contributed by atoms with Gasteiger partial charge in [0.15, 0.2) is 6.61 Å². The number of sulfonamides is 1. The molecule has 0 saturated heterocycles. The highest BCUT2D eigenvalue weighted by Gasteiger charge is 2.18. The van der Waals surface area contributed by atoms with E-state index in [1.54, 1.807) is 49.4 Å². The minimum Gasteiger partial charge on any atom is -0.484 e. The van der Waals surface area contributed by atoms with Crippen molar-refractivity contribution >= 4 is 15.8 Å². The quantitative estimate of drug-likeness (QED) is 0.629. The number of ketones is 1. The van der Waals surface area contributed by atoms with Gasteiger partial charge in [-0.25, -0.2) is 13.6 Å². The second kappa shape index (κ2) is 7.91. The fourth-order valence-electron chi connectivity index (χ4n) is 3.13. The first kappa shape index (κ1) is 20.3. The Morgan fingerprint density at radius 3 is 2.41 bits per heavy atom. The molecule has 0 bridgehead atoms. The number of carbonyl (C=O) groups excluding carboxylic acids is 1. The maximum absolute atomic E-state index is 12.7. The van der Waals surface area contributed by atoms with Crippen LogP contribution >= 0.6 is 0 Å². The van der Waals surface area contributed by atoms with Crippen molar-refractivity contribution in [3.05, 3.63) is 77.1 Å². The van der Waals surface area contributed by atoms with E-state index in [0.717, 1.165) is 5.69 Å². The number of ether oxygens (including phenoxy) is 1. The van der Waals surface area contributed by atoms with Gasteiger partial charge in [-0.2, -0.15) is 5.26 Å². The first-order valence-corrected chi connectivity index (χ1v) is 10.2. The molecule has 0 fully saturated rings. The second-order valence-corrected chi connectivity index (χ2v) is 8.04. The number of Topliss-reactive ketones (excluding diaryl/α,β-unsaturated/α-hetero) is 1. The highest BCUT2D eigenvalue weighted by Crippen LogP contribution is 2.23. The summed E-state index contributed by atoms with van der Waals surface area (Å²) in [6.45, 7) is 3.45. The molecule has 0 radical (unpaired) electrons. The van der Waals surface area contributed by atoms with Gasteiger partial charge in [0.1, 0.15) is 11.8 Å². The Kier molecular flexibility index (Phi) is 5.55. The molecule has 1 aromatic heterocycles. The van der Waals surface area contributed by atoms with Crippen molar-refractivity contribution < 1.29 is 17.9 Å². The zero-order valence-electron chi connectivity index (χ0n) is 15.9. The molecule has 8 heteroatoms. The number of para-hydroxylation sites is 1. The number of nitrogens with zero attached hydrogens (tertiary/aromatic N) is 2. The third-order valence-electron chi connectivity index (χ3n) is 4.52. The topological polar surface area (TPSA) is 115 Å². The van der Waals surface area contributed by atoms with E-state index in [2.05, 4.69) is 0 Å². The monoisotopic (exact) mass is 409 g/mol. The molecule has 0 spiro atoms. The summed E-state index contributed by atoms with van der Waals surface area (Å²) in [5, 5.41) is 14.3. The van der Waals surface area contributed by atoms with Gasteiger partial charge < -0.3 is 9.30 Å². The average molecular weight is 409 g/mol. The standard InChI is InChI=1S/C21H19N3O4S/c1-14-11-19(20(25)13-28-21-6-4-3-5-16(21)12-22)15(2)24(14)17-7-9-18(10-8-17)29(23,26)27/h3-11H,13H2,1-2H3,(H2,23,26,27). The van der Waals surface area contributed by atoms with Gasteiger partial charge in [-0.05, 0) is 56.3 Å². The average Bonchev–Trinajstić information content (AvgIpc) is 3.00. The lowest BCUT2D eigenvalue weighted by molar-refractivity contribution is 0.0920. The maximum Gasteiger partial charge on any atom is 0.238 e. The van der Waals surface area contributed by atoms with Crippen LogP contribution in [-0.2, 0) is 10.0 Å². The number of rotatable bonds is 6. The van der Waals surface area contributed by atoms with Crippen molar-refractivity contribution in [3.63, 3.8) is 0 Å². The van der Waals surface area contributed by atoms with Crippen LogP contribution < -0.4 is 9.88 Å². The van der Waals surface area contributed by atoms with E-state index < -0.39 is 10.0 Å². The number of hydrogen-bond acceptors (Lipinski definition) is 5. The number of benzene rings is 2. The van der Waals surface area contributed by atoms with E-state index in [1.807, 2.05) is 17.6 Å². The molecule has 0 aliphatic heterocycles. The summed E-state index contributed by atoms with van der Waals surface area (Å²) in [4.78, 5) is 12.7. The number of aryl methyl sites for hydroxylation is 1. The number of nitrogens with two attached hydrogens (primary N) is 1. The van der Waals surface area contributed by atoms with Crippen LogP contribution in [0.25, 0.3) is 5.69 Å². The van der Waals surface area contributed by atoms with Crippen LogP contribution in [0.2, 0.25) is 0 Å². The molecule has 148 valence electrons. The van der Waals surface area contributed by atoms with Crippen LogP contribution in [0.5, 0.6) is 5.75 Å². The second-order valence-electron chi connectivity index (χ2n) is 6.48. The zero-order chi connectivity index (χ0) is 21.2. The molecule has 0 aliphatic rings. The van der Waals surface area contributed by atoms with Crippen LogP contribution in [0.4, 0.5) is 0 Å². The van der Waals surface area contributed by atoms with E-state index in [9.17, 15) is 13.2 Å². The molecule has 7 nitrogen and oxygen atoms in total. The van der Waals surface area contributed by atoms with E-state index in [4.69, 9.17) is 15.1 Å². The first-order chi connectivity index (χ1) is 13.7. The van der Waals surface area contributed by atoms with E-state index in [-0.39, 0.29) is 17.3 Å². The molecule has 29 heavy (non-hydrogen) atoms. The van der Waals surface area contributed by atoms with Crippen molar-refractivity contribution in [2.75, 3.05) is 6.61 Å². The van der Waals surface area contributed by atoms with Crippen LogP contribution in [0.3, 0.4) is 0 Å². The smallest absolute Gasteiger partial charge is 0.238 e. The molecule has 2 aromatic carbocycles. The summed E-state index contributed by atoms with van der Waals surface area (Å²) in [5.74, 6) is 0.133. The molecule has 0 unspecified atom stereocenters. The summed E-state index contributed by atoms with van der Waals surface area (Å²) in [5.41, 5.74) is 3.08. The molecular formula is C21H19N3O4S. The first-order valence-electron chi connectivity index (χ1n) is 8.69. The number of hydrogen-bond donors (Lipinski definition) is 1. The van der Waals surface area contributed by atoms with Crippen molar-refractivity contribution in [3.8, 4) is 17.5 Å². The Hall–Kier alpha value is -3.41. The van der Waals surface area contributed by atoms with E-state index in [1.165, 1.54) is 12.1 Å². The predicted molar refractivity (Wildman–Crippen MR) is 108 cm³/mol. The Bertz CT molecular complexity index is 1220. The van der Waals surface area contributed by atoms with Gasteiger partial charge in [-0.1, -0.05) is 12.1 Å². The van der Waals surface area contributed by atoms with Gasteiger partial charge in [-0.15, -0.1) is 0 Å². The van der Waals surface area contributed by atoms with Crippen LogP contribution in [0.1, 0.15) is 27.3 Å². The summed E-state index contributed by atoms with van der Waals surface area (Å²) in [7, 11) is -3.77. The summed E-state index contributed by atoms with van der Waals surface area (Å²) < 4.78 is 30.3. The van der Waals surface area contributed by atoms with Gasteiger partial charge in [-0.3, -0.25) is 4.79 Å². The van der Waals surface area contributed by atoms with Crippen LogP contribution in [0.15, 0.2) is 59.5 Å². The third-order valence-corrected chi connectivity index (χ3v) is 5.45. The Balaban J connectivity index is 1.85. The minimum absolute atomic E-state index is 0.0181. The molecule has 0 aliphatic carbocycles. The maximum atomic E-state index is 12.7. The van der Waals surface area contributed by atoms with Gasteiger partial charge in [0.05, 0.1) is 10.5 Å². The highest BCUT2D eigenvalue weighted by atomic mass is 32.2. The van der Waals surface area contributed by atoms with Crippen molar-refractivity contribution in [1.29, 1.82) is 5.26 Å². The molecule has 3 rings (SSSR count). The fraction of sp³-hybridized carbons (Fsp3) is 0.143. The van der Waals surface area contributed by atoms with Crippen LogP contribution in [-0.4, -0.2) is 25.4 Å². The van der Waals surface area contributed by atoms with Gasteiger partial charge in [0.2, 0.25) is 15.8 Å².